The van der Waals surface area contributed by atoms with Crippen molar-refractivity contribution in [1.82, 2.24) is 10.2 Å². The maximum atomic E-state index is 13.8. The van der Waals surface area contributed by atoms with E-state index in [1.807, 2.05) is 32.0 Å². The molecule has 8 nitrogen and oxygen atoms in total. The number of carbonyl (C=O) groups is 3. The van der Waals surface area contributed by atoms with Gasteiger partial charge in [0.05, 0.1) is 30.6 Å². The van der Waals surface area contributed by atoms with E-state index in [0.29, 0.717) is 25.1 Å². The van der Waals surface area contributed by atoms with Crippen LogP contribution in [0.4, 0.5) is 5.69 Å². The van der Waals surface area contributed by atoms with Crippen LogP contribution in [0.15, 0.2) is 30.3 Å². The third kappa shape index (κ3) is 3.98. The Hall–Kier alpha value is -1.97. The summed E-state index contributed by atoms with van der Waals surface area (Å²) in [5.74, 6) is -2.37. The first-order valence-electron chi connectivity index (χ1n) is 11.8. The maximum Gasteiger partial charge on any atom is 0.245 e. The molecular weight excluding hydrogens is 490 g/mol. The van der Waals surface area contributed by atoms with Gasteiger partial charge >= 0.3 is 0 Å². The normalized spacial score (nSPS) is 33.2. The van der Waals surface area contributed by atoms with Crippen LogP contribution in [0.5, 0.6) is 0 Å². The molecule has 0 saturated carbocycles. The number of carbonyl (C=O) groups excluding carboxylic acids is 3. The fourth-order valence-electron chi connectivity index (χ4n) is 5.71. The number of likely N-dealkylation sites (tertiary alicyclic amines) is 1. The molecule has 9 heteroatoms. The number of alkyl halides is 1. The Morgan fingerprint density at radius 3 is 2.64 bits per heavy atom. The summed E-state index contributed by atoms with van der Waals surface area (Å²) < 4.78 is 6.43. The Morgan fingerprint density at radius 1 is 1.27 bits per heavy atom. The van der Waals surface area contributed by atoms with Crippen LogP contribution in [0.25, 0.3) is 0 Å². The van der Waals surface area contributed by atoms with Crippen molar-refractivity contribution in [2.24, 2.45) is 11.8 Å². The number of unbranched alkanes of at least 4 members (excludes halogenated alkanes) is 1. The number of nitrogens with zero attached hydrogens (tertiary/aromatic N) is 1. The SMILES string of the molecule is CCCCNC(=O)C1N([C@@H](CC)CO)C(=O)[C@@H]2[C@@H](C(=O)Nc3ccccc3)[C@@H]3OC12CC3Br. The Balaban J connectivity index is 1.70. The number of hydrogen-bond acceptors (Lipinski definition) is 5. The van der Waals surface area contributed by atoms with Crippen molar-refractivity contribution in [2.75, 3.05) is 18.5 Å². The molecule has 180 valence electrons. The molecule has 0 aromatic heterocycles. The van der Waals surface area contributed by atoms with Gasteiger partial charge < -0.3 is 25.4 Å². The zero-order valence-corrected chi connectivity index (χ0v) is 20.6. The fourth-order valence-corrected chi connectivity index (χ4v) is 6.65. The lowest BCUT2D eigenvalue weighted by Crippen LogP contribution is -2.58. The zero-order chi connectivity index (χ0) is 23.8. The van der Waals surface area contributed by atoms with E-state index in [2.05, 4.69) is 26.6 Å². The summed E-state index contributed by atoms with van der Waals surface area (Å²) in [6.07, 6.45) is 2.19. The van der Waals surface area contributed by atoms with Gasteiger partial charge in [0, 0.05) is 17.1 Å². The summed E-state index contributed by atoms with van der Waals surface area (Å²) in [6.45, 7) is 4.16. The molecule has 3 saturated heterocycles. The second-order valence-corrected chi connectivity index (χ2v) is 10.3. The van der Waals surface area contributed by atoms with Crippen LogP contribution in [0.3, 0.4) is 0 Å². The molecule has 33 heavy (non-hydrogen) atoms. The molecule has 3 fully saturated rings. The van der Waals surface area contributed by atoms with E-state index in [9.17, 15) is 19.5 Å². The van der Waals surface area contributed by atoms with Gasteiger partial charge in [0.1, 0.15) is 11.6 Å². The molecule has 0 aliphatic carbocycles. The fraction of sp³-hybridized carbons (Fsp3) is 0.625. The van der Waals surface area contributed by atoms with Crippen LogP contribution in [-0.4, -0.2) is 69.5 Å². The third-order valence-corrected chi connectivity index (χ3v) is 8.07. The van der Waals surface area contributed by atoms with Crippen LogP contribution in [0.2, 0.25) is 0 Å². The summed E-state index contributed by atoms with van der Waals surface area (Å²) in [4.78, 5) is 42.0. The number of para-hydroxylation sites is 1. The molecule has 3 aliphatic rings. The van der Waals surface area contributed by atoms with Gasteiger partial charge in [0.2, 0.25) is 17.7 Å². The quantitative estimate of drug-likeness (QED) is 0.340. The molecule has 4 rings (SSSR count). The van der Waals surface area contributed by atoms with Crippen molar-refractivity contribution in [3.8, 4) is 0 Å². The molecule has 3 heterocycles. The summed E-state index contributed by atoms with van der Waals surface area (Å²) >= 11 is 3.66. The van der Waals surface area contributed by atoms with Crippen molar-refractivity contribution in [3.63, 3.8) is 0 Å². The minimum atomic E-state index is -1.10. The summed E-state index contributed by atoms with van der Waals surface area (Å²) in [5, 5.41) is 15.9. The Morgan fingerprint density at radius 2 is 2.00 bits per heavy atom. The summed E-state index contributed by atoms with van der Waals surface area (Å²) in [5.41, 5.74) is -0.462. The molecule has 1 aromatic carbocycles. The van der Waals surface area contributed by atoms with E-state index in [-0.39, 0.29) is 29.2 Å². The Labute approximate surface area is 202 Å². The molecule has 1 aromatic rings. The van der Waals surface area contributed by atoms with Crippen molar-refractivity contribution in [3.05, 3.63) is 30.3 Å². The van der Waals surface area contributed by atoms with E-state index in [1.165, 1.54) is 4.90 Å². The molecule has 3 amide bonds. The number of nitrogens with one attached hydrogen (secondary N) is 2. The highest BCUT2D eigenvalue weighted by Crippen LogP contribution is 2.60. The number of halogens is 1. The smallest absolute Gasteiger partial charge is 0.245 e. The molecule has 3 aliphatic heterocycles. The summed E-state index contributed by atoms with van der Waals surface area (Å²) in [6, 6.07) is 7.69. The van der Waals surface area contributed by atoms with Gasteiger partial charge in [-0.15, -0.1) is 0 Å². The number of aliphatic hydroxyl groups is 1. The van der Waals surface area contributed by atoms with E-state index in [0.717, 1.165) is 12.8 Å². The van der Waals surface area contributed by atoms with Gasteiger partial charge in [-0.05, 0) is 31.4 Å². The number of rotatable bonds is 9. The van der Waals surface area contributed by atoms with Crippen molar-refractivity contribution < 1.29 is 24.2 Å². The molecule has 7 atom stereocenters. The molecule has 2 bridgehead atoms. The average molecular weight is 522 g/mol. The highest BCUT2D eigenvalue weighted by Gasteiger charge is 2.76. The van der Waals surface area contributed by atoms with Crippen LogP contribution < -0.4 is 10.6 Å². The average Bonchev–Trinajstić information content (AvgIpc) is 3.39. The maximum absolute atomic E-state index is 13.8. The first-order valence-corrected chi connectivity index (χ1v) is 12.7. The molecular formula is C24H32BrN3O5. The topological polar surface area (TPSA) is 108 Å². The Kier molecular flexibility index (Phi) is 7.12. The molecule has 3 unspecified atom stereocenters. The number of aliphatic hydroxyl groups excluding tert-OH is 1. The van der Waals surface area contributed by atoms with E-state index in [4.69, 9.17) is 4.74 Å². The van der Waals surface area contributed by atoms with E-state index >= 15 is 0 Å². The lowest BCUT2D eigenvalue weighted by molar-refractivity contribution is -0.145. The van der Waals surface area contributed by atoms with Gasteiger partial charge in [0.15, 0.2) is 0 Å². The third-order valence-electron chi connectivity index (χ3n) is 7.22. The van der Waals surface area contributed by atoms with Gasteiger partial charge in [-0.3, -0.25) is 14.4 Å². The second kappa shape index (κ2) is 9.72. The highest BCUT2D eigenvalue weighted by molar-refractivity contribution is 9.09. The van der Waals surface area contributed by atoms with E-state index < -0.39 is 35.6 Å². The van der Waals surface area contributed by atoms with Crippen LogP contribution in [-0.2, 0) is 19.1 Å². The van der Waals surface area contributed by atoms with Crippen LogP contribution >= 0.6 is 15.9 Å². The first kappa shape index (κ1) is 24.2. The number of ether oxygens (including phenoxy) is 1. The molecule has 3 N–H and O–H groups in total. The van der Waals surface area contributed by atoms with Gasteiger partial charge in [0.25, 0.3) is 0 Å². The van der Waals surface area contributed by atoms with Gasteiger partial charge in [-0.2, -0.15) is 0 Å². The molecule has 0 radical (unpaired) electrons. The lowest BCUT2D eigenvalue weighted by Gasteiger charge is -2.36. The lowest BCUT2D eigenvalue weighted by atomic mass is 9.70. The van der Waals surface area contributed by atoms with Crippen LogP contribution in [0.1, 0.15) is 39.5 Å². The minimum Gasteiger partial charge on any atom is -0.394 e. The first-order chi connectivity index (χ1) is 15.9. The van der Waals surface area contributed by atoms with Gasteiger partial charge in [-0.1, -0.05) is 54.4 Å². The zero-order valence-electron chi connectivity index (χ0n) is 19.0. The molecule has 1 spiro atoms. The second-order valence-electron chi connectivity index (χ2n) is 9.15. The standard InChI is InChI=1S/C24H32BrN3O5/c1-3-5-11-26-22(31)20-24-12-16(25)19(33-24)17(21(30)27-14-9-7-6-8-10-14)18(24)23(32)28(20)15(4-2)13-29/h6-10,15-20,29H,3-5,11-13H2,1-2H3,(H,26,31)(H,27,30)/t15-,16?,17+,18-,19+,20?,24?/m0/s1. The van der Waals surface area contributed by atoms with E-state index in [1.54, 1.807) is 12.1 Å². The number of amides is 3. The van der Waals surface area contributed by atoms with Crippen LogP contribution in [0, 0.1) is 11.8 Å². The number of benzene rings is 1. The number of hydrogen-bond donors (Lipinski definition) is 3. The predicted octanol–water partition coefficient (Wildman–Crippen LogP) is 2.06. The predicted molar refractivity (Wildman–Crippen MR) is 127 cm³/mol. The minimum absolute atomic E-state index is 0.159. The summed E-state index contributed by atoms with van der Waals surface area (Å²) in [7, 11) is 0. The monoisotopic (exact) mass is 521 g/mol. The number of fused-ring (bicyclic) bond motifs is 1. The number of anilines is 1. The van der Waals surface area contributed by atoms with Gasteiger partial charge in [-0.25, -0.2) is 0 Å². The Bertz CT molecular complexity index is 895. The van der Waals surface area contributed by atoms with Crippen molar-refractivity contribution in [1.29, 1.82) is 0 Å². The highest BCUT2D eigenvalue weighted by atomic mass is 79.9. The van der Waals surface area contributed by atoms with Crippen molar-refractivity contribution in [2.45, 2.75) is 68.1 Å². The van der Waals surface area contributed by atoms with Crippen molar-refractivity contribution >= 4 is 39.3 Å². The largest absolute Gasteiger partial charge is 0.394 e.